The molecule has 1 unspecified atom stereocenters. The largest absolute Gasteiger partial charge is 0.353 e. The minimum Gasteiger partial charge on any atom is -0.353 e. The third-order valence-corrected chi connectivity index (χ3v) is 5.32. The first-order valence-corrected chi connectivity index (χ1v) is 8.45. The normalized spacial score (nSPS) is 27.0. The van der Waals surface area contributed by atoms with Crippen molar-refractivity contribution in [2.75, 3.05) is 7.05 Å². The van der Waals surface area contributed by atoms with Crippen LogP contribution in [-0.4, -0.2) is 35.8 Å². The Morgan fingerprint density at radius 2 is 1.86 bits per heavy atom. The maximum Gasteiger partial charge on any atom is 0.250 e. The van der Waals surface area contributed by atoms with Crippen LogP contribution in [0.5, 0.6) is 0 Å². The van der Waals surface area contributed by atoms with Gasteiger partial charge in [0.25, 0.3) is 5.91 Å². The summed E-state index contributed by atoms with van der Waals surface area (Å²) < 4.78 is 0. The maximum absolute atomic E-state index is 12.4. The standard InChI is InChI=1S/C17H26N2O2/c1-19-15-10-6-5-9-13(15)14(17(19)21)11-16(20)18-12-7-3-2-4-8-12/h12,15H,2-11H2,1H3,(H,18,20). The molecule has 4 heteroatoms. The van der Waals surface area contributed by atoms with E-state index in [1.807, 2.05) is 11.9 Å². The second kappa shape index (κ2) is 6.20. The van der Waals surface area contributed by atoms with Crippen LogP contribution in [0.15, 0.2) is 11.1 Å². The molecule has 1 atom stereocenters. The molecule has 0 aromatic carbocycles. The number of hydrogen-bond acceptors (Lipinski definition) is 2. The van der Waals surface area contributed by atoms with Crippen LogP contribution < -0.4 is 5.32 Å². The van der Waals surface area contributed by atoms with Crippen LogP contribution in [0.2, 0.25) is 0 Å². The molecule has 2 fully saturated rings. The lowest BCUT2D eigenvalue weighted by Crippen LogP contribution is -2.37. The molecular weight excluding hydrogens is 264 g/mol. The number of hydrogen-bond donors (Lipinski definition) is 1. The minimum atomic E-state index is 0.0392. The molecular formula is C17H26N2O2. The van der Waals surface area contributed by atoms with Crippen molar-refractivity contribution in [2.24, 2.45) is 0 Å². The van der Waals surface area contributed by atoms with Crippen molar-refractivity contribution < 1.29 is 9.59 Å². The zero-order chi connectivity index (χ0) is 14.8. The first kappa shape index (κ1) is 14.6. The lowest BCUT2D eigenvalue weighted by molar-refractivity contribution is -0.128. The summed E-state index contributed by atoms with van der Waals surface area (Å²) in [7, 11) is 1.88. The average Bonchev–Trinajstić information content (AvgIpc) is 2.74. The predicted octanol–water partition coefficient (Wildman–Crippen LogP) is 2.54. The molecule has 3 rings (SSSR count). The third-order valence-electron chi connectivity index (χ3n) is 5.32. The number of likely N-dealkylation sites (N-methyl/N-ethyl adjacent to an activating group) is 1. The fourth-order valence-electron chi connectivity index (χ4n) is 4.14. The summed E-state index contributed by atoms with van der Waals surface area (Å²) in [5, 5.41) is 3.13. The average molecular weight is 290 g/mol. The molecule has 0 saturated heterocycles. The van der Waals surface area contributed by atoms with Gasteiger partial charge in [0.2, 0.25) is 5.91 Å². The molecule has 3 aliphatic rings. The minimum absolute atomic E-state index is 0.0392. The summed E-state index contributed by atoms with van der Waals surface area (Å²) in [4.78, 5) is 26.5. The summed E-state index contributed by atoms with van der Waals surface area (Å²) in [6, 6.07) is 0.594. The summed E-state index contributed by atoms with van der Waals surface area (Å²) in [5.41, 5.74) is 2.03. The highest BCUT2D eigenvalue weighted by molar-refractivity contribution is 6.02. The van der Waals surface area contributed by atoms with Gasteiger partial charge in [-0.15, -0.1) is 0 Å². The van der Waals surface area contributed by atoms with E-state index in [9.17, 15) is 9.59 Å². The van der Waals surface area contributed by atoms with Gasteiger partial charge in [-0.05, 0) is 37.7 Å². The van der Waals surface area contributed by atoms with Gasteiger partial charge < -0.3 is 10.2 Å². The molecule has 1 aliphatic heterocycles. The first-order chi connectivity index (χ1) is 10.2. The summed E-state index contributed by atoms with van der Waals surface area (Å²) in [5.74, 6) is 0.119. The van der Waals surface area contributed by atoms with Gasteiger partial charge in [-0.2, -0.15) is 0 Å². The van der Waals surface area contributed by atoms with Gasteiger partial charge in [-0.25, -0.2) is 0 Å². The SMILES string of the molecule is CN1C(=O)C(CC(=O)NC2CCCCC2)=C2CCCCC21. The number of nitrogens with zero attached hydrogens (tertiary/aromatic N) is 1. The Morgan fingerprint density at radius 3 is 2.62 bits per heavy atom. The highest BCUT2D eigenvalue weighted by Gasteiger charge is 2.38. The fraction of sp³-hybridized carbons (Fsp3) is 0.765. The smallest absolute Gasteiger partial charge is 0.250 e. The molecule has 0 aromatic rings. The Bertz CT molecular complexity index is 463. The lowest BCUT2D eigenvalue weighted by atomic mass is 9.88. The van der Waals surface area contributed by atoms with Crippen molar-refractivity contribution >= 4 is 11.8 Å². The molecule has 1 N–H and O–H groups in total. The van der Waals surface area contributed by atoms with Crippen molar-refractivity contribution in [1.82, 2.24) is 10.2 Å². The summed E-state index contributed by atoms with van der Waals surface area (Å²) in [6.07, 6.45) is 10.6. The zero-order valence-electron chi connectivity index (χ0n) is 13.0. The molecule has 4 nitrogen and oxygen atoms in total. The highest BCUT2D eigenvalue weighted by Crippen LogP contribution is 2.36. The maximum atomic E-state index is 12.4. The number of nitrogens with one attached hydrogen (secondary N) is 1. The van der Waals surface area contributed by atoms with Crippen LogP contribution in [-0.2, 0) is 9.59 Å². The Labute approximate surface area is 127 Å². The Balaban J connectivity index is 1.65. The molecule has 116 valence electrons. The van der Waals surface area contributed by atoms with Crippen LogP contribution in [0.25, 0.3) is 0 Å². The lowest BCUT2D eigenvalue weighted by Gasteiger charge is -2.26. The zero-order valence-corrected chi connectivity index (χ0v) is 13.0. The van der Waals surface area contributed by atoms with Gasteiger partial charge in [-0.1, -0.05) is 25.7 Å². The van der Waals surface area contributed by atoms with Crippen LogP contribution in [0.4, 0.5) is 0 Å². The first-order valence-electron chi connectivity index (χ1n) is 8.45. The van der Waals surface area contributed by atoms with E-state index in [-0.39, 0.29) is 24.3 Å². The third kappa shape index (κ3) is 2.99. The van der Waals surface area contributed by atoms with Crippen molar-refractivity contribution in [3.05, 3.63) is 11.1 Å². The molecule has 0 spiro atoms. The van der Waals surface area contributed by atoms with Crippen LogP contribution in [0, 0.1) is 0 Å². The second-order valence-corrected chi connectivity index (χ2v) is 6.76. The summed E-state index contributed by atoms with van der Waals surface area (Å²) in [6.45, 7) is 0. The van der Waals surface area contributed by atoms with Crippen molar-refractivity contribution in [3.63, 3.8) is 0 Å². The van der Waals surface area contributed by atoms with Gasteiger partial charge in [0.15, 0.2) is 0 Å². The van der Waals surface area contributed by atoms with E-state index in [1.165, 1.54) is 31.3 Å². The molecule has 2 saturated carbocycles. The molecule has 21 heavy (non-hydrogen) atoms. The van der Waals surface area contributed by atoms with Gasteiger partial charge >= 0.3 is 0 Å². The van der Waals surface area contributed by atoms with Gasteiger partial charge in [0.1, 0.15) is 0 Å². The molecule has 2 aliphatic carbocycles. The summed E-state index contributed by atoms with van der Waals surface area (Å²) >= 11 is 0. The van der Waals surface area contributed by atoms with E-state index in [2.05, 4.69) is 5.32 Å². The van der Waals surface area contributed by atoms with Crippen LogP contribution >= 0.6 is 0 Å². The molecule has 0 bridgehead atoms. The van der Waals surface area contributed by atoms with E-state index in [1.54, 1.807) is 0 Å². The van der Waals surface area contributed by atoms with Crippen LogP contribution in [0.1, 0.15) is 64.2 Å². The Hall–Kier alpha value is -1.32. The Kier molecular flexibility index (Phi) is 4.32. The van der Waals surface area contributed by atoms with Gasteiger partial charge in [0.05, 0.1) is 12.5 Å². The second-order valence-electron chi connectivity index (χ2n) is 6.76. The molecule has 2 amide bonds. The molecule has 0 radical (unpaired) electrons. The molecule has 0 aromatic heterocycles. The van der Waals surface area contributed by atoms with Crippen molar-refractivity contribution in [1.29, 1.82) is 0 Å². The number of fused-ring (bicyclic) bond motifs is 1. The fourth-order valence-corrected chi connectivity index (χ4v) is 4.14. The predicted molar refractivity (Wildman–Crippen MR) is 81.7 cm³/mol. The van der Waals surface area contributed by atoms with E-state index in [4.69, 9.17) is 0 Å². The number of amides is 2. The topological polar surface area (TPSA) is 49.4 Å². The van der Waals surface area contributed by atoms with E-state index in [0.29, 0.717) is 6.04 Å². The Morgan fingerprint density at radius 1 is 1.14 bits per heavy atom. The number of carbonyl (C=O) groups excluding carboxylic acids is 2. The van der Waals surface area contributed by atoms with E-state index < -0.39 is 0 Å². The van der Waals surface area contributed by atoms with Crippen molar-refractivity contribution in [2.45, 2.75) is 76.3 Å². The number of rotatable bonds is 3. The van der Waals surface area contributed by atoms with Gasteiger partial charge in [-0.3, -0.25) is 9.59 Å². The quantitative estimate of drug-likeness (QED) is 0.868. The highest BCUT2D eigenvalue weighted by atomic mass is 16.2. The monoisotopic (exact) mass is 290 g/mol. The van der Waals surface area contributed by atoms with E-state index in [0.717, 1.165) is 37.7 Å². The molecule has 1 heterocycles. The van der Waals surface area contributed by atoms with Gasteiger partial charge in [0, 0.05) is 18.7 Å². The van der Waals surface area contributed by atoms with E-state index >= 15 is 0 Å². The van der Waals surface area contributed by atoms with Crippen molar-refractivity contribution in [3.8, 4) is 0 Å². The number of carbonyl (C=O) groups is 2. The van der Waals surface area contributed by atoms with Crippen LogP contribution in [0.3, 0.4) is 0 Å².